The number of nitrogens with one attached hydrogen (secondary N) is 1. The summed E-state index contributed by atoms with van der Waals surface area (Å²) in [4.78, 5) is 26.9. The summed E-state index contributed by atoms with van der Waals surface area (Å²) in [6.07, 6.45) is 2.33. The molecule has 3 fully saturated rings. The third-order valence-electron chi connectivity index (χ3n) is 5.11. The van der Waals surface area contributed by atoms with Gasteiger partial charge in [0.05, 0.1) is 4.88 Å². The standard InChI is InChI=1S/C19H21N3O3S/c20-18(23)13-2-1-3-14(10-13)25-17-5-4-16(26-17)19(24)21-15-11-22-8-6-12(15)7-9-22/h1-5,10,12,15H,6-9,11H2,(H2,20,23)(H,21,24). The summed E-state index contributed by atoms with van der Waals surface area (Å²) in [5, 5.41) is 3.78. The molecule has 6 nitrogen and oxygen atoms in total. The van der Waals surface area contributed by atoms with Crippen molar-refractivity contribution in [3.8, 4) is 10.8 Å². The molecule has 3 aliphatic heterocycles. The predicted octanol–water partition coefficient (Wildman–Crippen LogP) is 2.46. The van der Waals surface area contributed by atoms with Crippen LogP contribution in [0.2, 0.25) is 0 Å². The lowest BCUT2D eigenvalue weighted by molar-refractivity contribution is 0.0622. The molecule has 136 valence electrons. The van der Waals surface area contributed by atoms with E-state index in [4.69, 9.17) is 10.5 Å². The zero-order valence-corrected chi connectivity index (χ0v) is 15.1. The maximum Gasteiger partial charge on any atom is 0.261 e. The first-order valence-electron chi connectivity index (χ1n) is 8.79. The van der Waals surface area contributed by atoms with Gasteiger partial charge in [-0.25, -0.2) is 0 Å². The van der Waals surface area contributed by atoms with Crippen molar-refractivity contribution in [2.24, 2.45) is 11.7 Å². The van der Waals surface area contributed by atoms with E-state index in [2.05, 4.69) is 10.2 Å². The number of rotatable bonds is 5. The quantitative estimate of drug-likeness (QED) is 0.846. The number of nitrogens with zero attached hydrogens (tertiary/aromatic N) is 1. The van der Waals surface area contributed by atoms with Gasteiger partial charge in [0, 0.05) is 18.2 Å². The molecule has 3 aliphatic rings. The molecule has 0 saturated carbocycles. The highest BCUT2D eigenvalue weighted by molar-refractivity contribution is 7.15. The minimum absolute atomic E-state index is 0.0468. The maximum atomic E-state index is 12.6. The Hall–Kier alpha value is -2.38. The van der Waals surface area contributed by atoms with E-state index < -0.39 is 5.91 Å². The minimum Gasteiger partial charge on any atom is -0.447 e. The van der Waals surface area contributed by atoms with Crippen LogP contribution in [0, 0.1) is 5.92 Å². The van der Waals surface area contributed by atoms with E-state index in [1.54, 1.807) is 36.4 Å². The summed E-state index contributed by atoms with van der Waals surface area (Å²) in [6.45, 7) is 3.25. The van der Waals surface area contributed by atoms with E-state index in [-0.39, 0.29) is 11.9 Å². The van der Waals surface area contributed by atoms with E-state index in [1.807, 2.05) is 0 Å². The van der Waals surface area contributed by atoms with Crippen LogP contribution in [-0.2, 0) is 0 Å². The molecule has 1 unspecified atom stereocenters. The molecular formula is C19H21N3O3S. The molecular weight excluding hydrogens is 350 g/mol. The Bertz CT molecular complexity index is 827. The highest BCUT2D eigenvalue weighted by Crippen LogP contribution is 2.31. The number of carbonyl (C=O) groups excluding carboxylic acids is 2. The Morgan fingerprint density at radius 2 is 2.00 bits per heavy atom. The van der Waals surface area contributed by atoms with Crippen molar-refractivity contribution in [3.63, 3.8) is 0 Å². The molecule has 3 saturated heterocycles. The van der Waals surface area contributed by atoms with Crippen LogP contribution in [0.15, 0.2) is 36.4 Å². The van der Waals surface area contributed by atoms with Gasteiger partial charge in [-0.2, -0.15) is 0 Å². The van der Waals surface area contributed by atoms with Crippen LogP contribution in [0.1, 0.15) is 32.9 Å². The molecule has 0 aliphatic carbocycles. The molecule has 5 rings (SSSR count). The van der Waals surface area contributed by atoms with Gasteiger partial charge in [-0.3, -0.25) is 9.59 Å². The average Bonchev–Trinajstić information content (AvgIpc) is 3.11. The second-order valence-electron chi connectivity index (χ2n) is 6.83. The normalized spacial score (nSPS) is 24.2. The largest absolute Gasteiger partial charge is 0.447 e. The smallest absolute Gasteiger partial charge is 0.261 e. The van der Waals surface area contributed by atoms with Gasteiger partial charge in [0.15, 0.2) is 5.06 Å². The lowest BCUT2D eigenvalue weighted by Crippen LogP contribution is -2.57. The Balaban J connectivity index is 1.40. The van der Waals surface area contributed by atoms with Crippen molar-refractivity contribution in [3.05, 3.63) is 46.8 Å². The number of nitrogens with two attached hydrogens (primary N) is 1. The van der Waals surface area contributed by atoms with E-state index in [0.29, 0.717) is 27.2 Å². The summed E-state index contributed by atoms with van der Waals surface area (Å²) in [5.74, 6) is 0.567. The molecule has 2 aromatic rings. The molecule has 2 bridgehead atoms. The van der Waals surface area contributed by atoms with Crippen LogP contribution in [0.25, 0.3) is 0 Å². The number of ether oxygens (including phenoxy) is 1. The fraction of sp³-hybridized carbons (Fsp3) is 0.368. The number of fused-ring (bicyclic) bond motifs is 3. The monoisotopic (exact) mass is 371 g/mol. The lowest BCUT2D eigenvalue weighted by atomic mass is 9.84. The number of thiophene rings is 1. The van der Waals surface area contributed by atoms with Gasteiger partial charge in [-0.1, -0.05) is 17.4 Å². The zero-order valence-electron chi connectivity index (χ0n) is 14.3. The summed E-state index contributed by atoms with van der Waals surface area (Å²) in [7, 11) is 0. The van der Waals surface area contributed by atoms with Crippen molar-refractivity contribution in [1.29, 1.82) is 0 Å². The summed E-state index contributed by atoms with van der Waals surface area (Å²) >= 11 is 1.29. The van der Waals surface area contributed by atoms with E-state index >= 15 is 0 Å². The fourth-order valence-electron chi connectivity index (χ4n) is 3.69. The van der Waals surface area contributed by atoms with Crippen molar-refractivity contribution in [2.75, 3.05) is 19.6 Å². The fourth-order valence-corrected chi connectivity index (χ4v) is 4.47. The molecule has 3 N–H and O–H groups in total. The van der Waals surface area contributed by atoms with E-state index in [0.717, 1.165) is 19.6 Å². The van der Waals surface area contributed by atoms with Crippen LogP contribution >= 0.6 is 11.3 Å². The number of piperidine rings is 3. The van der Waals surface area contributed by atoms with Gasteiger partial charge in [0.25, 0.3) is 5.91 Å². The van der Waals surface area contributed by atoms with Crippen LogP contribution in [0.5, 0.6) is 10.8 Å². The van der Waals surface area contributed by atoms with E-state index in [9.17, 15) is 9.59 Å². The number of hydrogen-bond donors (Lipinski definition) is 2. The highest BCUT2D eigenvalue weighted by atomic mass is 32.1. The lowest BCUT2D eigenvalue weighted by Gasteiger charge is -2.44. The predicted molar refractivity (Wildman–Crippen MR) is 99.8 cm³/mol. The van der Waals surface area contributed by atoms with Gasteiger partial charge in [-0.15, -0.1) is 0 Å². The van der Waals surface area contributed by atoms with Crippen molar-refractivity contribution in [1.82, 2.24) is 10.2 Å². The molecule has 0 spiro atoms. The number of hydrogen-bond acceptors (Lipinski definition) is 5. The molecule has 0 radical (unpaired) electrons. The van der Waals surface area contributed by atoms with Crippen LogP contribution in [-0.4, -0.2) is 42.4 Å². The highest BCUT2D eigenvalue weighted by Gasteiger charge is 2.35. The Morgan fingerprint density at radius 3 is 2.69 bits per heavy atom. The number of carbonyl (C=O) groups is 2. The summed E-state index contributed by atoms with van der Waals surface area (Å²) in [5.41, 5.74) is 5.67. The molecule has 2 amide bonds. The third kappa shape index (κ3) is 3.59. The number of primary amides is 1. The van der Waals surface area contributed by atoms with Gasteiger partial charge in [0.2, 0.25) is 5.91 Å². The van der Waals surface area contributed by atoms with Crippen molar-refractivity contribution >= 4 is 23.2 Å². The first kappa shape index (κ1) is 17.1. The van der Waals surface area contributed by atoms with E-state index in [1.165, 1.54) is 24.2 Å². The topological polar surface area (TPSA) is 84.7 Å². The average molecular weight is 371 g/mol. The van der Waals surface area contributed by atoms with Crippen molar-refractivity contribution in [2.45, 2.75) is 18.9 Å². The van der Waals surface area contributed by atoms with Crippen LogP contribution in [0.4, 0.5) is 0 Å². The Kier molecular flexibility index (Phi) is 4.65. The first-order chi connectivity index (χ1) is 12.6. The first-order valence-corrected chi connectivity index (χ1v) is 9.61. The van der Waals surface area contributed by atoms with Gasteiger partial charge in [-0.05, 0) is 62.2 Å². The molecule has 7 heteroatoms. The third-order valence-corrected chi connectivity index (χ3v) is 6.08. The van der Waals surface area contributed by atoms with Gasteiger partial charge < -0.3 is 20.7 Å². The van der Waals surface area contributed by atoms with Gasteiger partial charge in [0.1, 0.15) is 5.75 Å². The zero-order chi connectivity index (χ0) is 18.1. The molecule has 1 atom stereocenters. The maximum absolute atomic E-state index is 12.6. The second kappa shape index (κ2) is 7.09. The second-order valence-corrected chi connectivity index (χ2v) is 7.88. The Labute approximate surface area is 155 Å². The Morgan fingerprint density at radius 1 is 1.19 bits per heavy atom. The molecule has 1 aromatic carbocycles. The number of amides is 2. The molecule has 26 heavy (non-hydrogen) atoms. The van der Waals surface area contributed by atoms with Crippen LogP contribution in [0.3, 0.4) is 0 Å². The van der Waals surface area contributed by atoms with Gasteiger partial charge >= 0.3 is 0 Å². The SMILES string of the molecule is NC(=O)c1cccc(Oc2ccc(C(=O)NC3CN4CCC3CC4)s2)c1. The summed E-state index contributed by atoms with van der Waals surface area (Å²) in [6, 6.07) is 10.5. The van der Waals surface area contributed by atoms with Crippen LogP contribution < -0.4 is 15.8 Å². The van der Waals surface area contributed by atoms with Crippen molar-refractivity contribution < 1.29 is 14.3 Å². The molecule has 1 aromatic heterocycles. The molecule has 4 heterocycles. The minimum atomic E-state index is -0.501. The number of benzene rings is 1. The summed E-state index contributed by atoms with van der Waals surface area (Å²) < 4.78 is 5.76.